The standard InChI is InChI=1S/C17H17N5OS/c1-11(24-17-19-20-21-22(17)13-9-10-13)16(23)18-15-8-4-6-12-5-2-3-7-14(12)15/h2-8,11,13H,9-10H2,1H3,(H,18,23)/t11-/m0/s1. The fourth-order valence-corrected chi connectivity index (χ4v) is 3.45. The van der Waals surface area contributed by atoms with Crippen LogP contribution in [0.3, 0.4) is 0 Å². The largest absolute Gasteiger partial charge is 0.325 e. The van der Waals surface area contributed by atoms with Crippen molar-refractivity contribution in [3.63, 3.8) is 0 Å². The summed E-state index contributed by atoms with van der Waals surface area (Å²) in [5.41, 5.74) is 0.826. The second-order valence-corrected chi connectivity index (χ2v) is 7.22. The maximum absolute atomic E-state index is 12.6. The molecular weight excluding hydrogens is 322 g/mol. The van der Waals surface area contributed by atoms with Gasteiger partial charge in [-0.1, -0.05) is 48.2 Å². The Morgan fingerprint density at radius 3 is 2.88 bits per heavy atom. The van der Waals surface area contributed by atoms with Crippen LogP contribution in [0.5, 0.6) is 0 Å². The third kappa shape index (κ3) is 2.99. The molecule has 1 fully saturated rings. The molecule has 122 valence electrons. The Kier molecular flexibility index (Phi) is 3.93. The average Bonchev–Trinajstić information content (AvgIpc) is 3.34. The minimum Gasteiger partial charge on any atom is -0.325 e. The summed E-state index contributed by atoms with van der Waals surface area (Å²) in [4.78, 5) is 12.6. The van der Waals surface area contributed by atoms with Crippen molar-refractivity contribution >= 4 is 34.1 Å². The smallest absolute Gasteiger partial charge is 0.237 e. The van der Waals surface area contributed by atoms with Gasteiger partial charge in [0.25, 0.3) is 0 Å². The van der Waals surface area contributed by atoms with E-state index in [2.05, 4.69) is 20.8 Å². The summed E-state index contributed by atoms with van der Waals surface area (Å²) in [6.07, 6.45) is 2.21. The van der Waals surface area contributed by atoms with Crippen molar-refractivity contribution in [3.05, 3.63) is 42.5 Å². The average molecular weight is 339 g/mol. The van der Waals surface area contributed by atoms with Crippen LogP contribution in [0, 0.1) is 0 Å². The topological polar surface area (TPSA) is 72.7 Å². The molecule has 2 aromatic carbocycles. The van der Waals surface area contributed by atoms with Crippen molar-refractivity contribution in [3.8, 4) is 0 Å². The zero-order valence-corrected chi connectivity index (χ0v) is 14.0. The van der Waals surface area contributed by atoms with E-state index in [4.69, 9.17) is 0 Å². The number of fused-ring (bicyclic) bond motifs is 1. The predicted octanol–water partition coefficient (Wildman–Crippen LogP) is 3.28. The molecule has 1 amide bonds. The highest BCUT2D eigenvalue weighted by Crippen LogP contribution is 2.37. The number of nitrogens with zero attached hydrogens (tertiary/aromatic N) is 4. The number of amides is 1. The molecule has 1 saturated carbocycles. The number of aromatic nitrogens is 4. The SMILES string of the molecule is C[C@H](Sc1nnnn1C1CC1)C(=O)Nc1cccc2ccccc12. The van der Waals surface area contributed by atoms with Crippen LogP contribution in [0.4, 0.5) is 5.69 Å². The quantitative estimate of drug-likeness (QED) is 0.722. The van der Waals surface area contributed by atoms with Crippen molar-refractivity contribution in [1.82, 2.24) is 20.2 Å². The molecule has 3 aromatic rings. The maximum Gasteiger partial charge on any atom is 0.237 e. The molecule has 0 aliphatic heterocycles. The molecule has 1 aliphatic rings. The van der Waals surface area contributed by atoms with Crippen LogP contribution in [0.25, 0.3) is 10.8 Å². The highest BCUT2D eigenvalue weighted by atomic mass is 32.2. The molecule has 0 unspecified atom stereocenters. The molecule has 0 saturated heterocycles. The first-order valence-electron chi connectivity index (χ1n) is 7.95. The van der Waals surface area contributed by atoms with Gasteiger partial charge in [-0.15, -0.1) is 5.10 Å². The van der Waals surface area contributed by atoms with Crippen molar-refractivity contribution in [2.75, 3.05) is 5.32 Å². The summed E-state index contributed by atoms with van der Waals surface area (Å²) >= 11 is 1.39. The highest BCUT2D eigenvalue weighted by Gasteiger charge is 2.29. The molecule has 4 rings (SSSR count). The molecule has 1 N–H and O–H groups in total. The number of anilines is 1. The molecular formula is C17H17N5OS. The van der Waals surface area contributed by atoms with Crippen molar-refractivity contribution in [2.24, 2.45) is 0 Å². The Bertz CT molecular complexity index is 884. The minimum atomic E-state index is -0.285. The van der Waals surface area contributed by atoms with Crippen LogP contribution in [-0.4, -0.2) is 31.4 Å². The number of carbonyl (C=O) groups excluding carboxylic acids is 1. The van der Waals surface area contributed by atoms with Gasteiger partial charge in [-0.05, 0) is 41.6 Å². The number of hydrogen-bond donors (Lipinski definition) is 1. The first-order chi connectivity index (χ1) is 11.7. The number of hydrogen-bond acceptors (Lipinski definition) is 5. The lowest BCUT2D eigenvalue weighted by Crippen LogP contribution is -2.23. The Morgan fingerprint density at radius 2 is 2.04 bits per heavy atom. The summed E-state index contributed by atoms with van der Waals surface area (Å²) in [6, 6.07) is 14.3. The molecule has 24 heavy (non-hydrogen) atoms. The maximum atomic E-state index is 12.6. The molecule has 6 nitrogen and oxygen atoms in total. The number of thioether (sulfide) groups is 1. The Labute approximate surface area is 143 Å². The van der Waals surface area contributed by atoms with Gasteiger partial charge in [0.15, 0.2) is 0 Å². The zero-order valence-electron chi connectivity index (χ0n) is 13.2. The van der Waals surface area contributed by atoms with Crippen LogP contribution in [0.1, 0.15) is 25.8 Å². The van der Waals surface area contributed by atoms with E-state index in [0.29, 0.717) is 11.2 Å². The molecule has 0 bridgehead atoms. The lowest BCUT2D eigenvalue weighted by Gasteiger charge is -2.13. The van der Waals surface area contributed by atoms with Gasteiger partial charge in [0.1, 0.15) is 0 Å². The number of nitrogens with one attached hydrogen (secondary N) is 1. The molecule has 7 heteroatoms. The number of rotatable bonds is 5. The third-order valence-corrected chi connectivity index (χ3v) is 5.10. The first kappa shape index (κ1) is 15.1. The van der Waals surface area contributed by atoms with Crippen LogP contribution in [0.2, 0.25) is 0 Å². The Balaban J connectivity index is 1.49. The molecule has 0 radical (unpaired) electrons. The van der Waals surface area contributed by atoms with Gasteiger partial charge in [-0.25, -0.2) is 4.68 Å². The van der Waals surface area contributed by atoms with Gasteiger partial charge < -0.3 is 5.32 Å². The predicted molar refractivity (Wildman–Crippen MR) is 94.0 cm³/mol. The van der Waals surface area contributed by atoms with Crippen molar-refractivity contribution < 1.29 is 4.79 Å². The minimum absolute atomic E-state index is 0.0540. The van der Waals surface area contributed by atoms with Crippen LogP contribution >= 0.6 is 11.8 Å². The highest BCUT2D eigenvalue weighted by molar-refractivity contribution is 8.00. The van der Waals surface area contributed by atoms with Crippen molar-refractivity contribution in [1.29, 1.82) is 0 Å². The number of benzene rings is 2. The van der Waals surface area contributed by atoms with Gasteiger partial charge in [0, 0.05) is 11.1 Å². The number of tetrazole rings is 1. The lowest BCUT2D eigenvalue weighted by molar-refractivity contribution is -0.115. The normalized spacial score (nSPS) is 15.4. The summed E-state index contributed by atoms with van der Waals surface area (Å²) in [7, 11) is 0. The van der Waals surface area contributed by atoms with Gasteiger partial charge in [0.05, 0.1) is 11.3 Å². The van der Waals surface area contributed by atoms with Crippen LogP contribution < -0.4 is 5.32 Å². The summed E-state index contributed by atoms with van der Waals surface area (Å²) in [6.45, 7) is 1.87. The fraction of sp³-hybridized carbons (Fsp3) is 0.294. The summed E-state index contributed by atoms with van der Waals surface area (Å²) in [5, 5.41) is 17.4. The van der Waals surface area contributed by atoms with Crippen LogP contribution in [0.15, 0.2) is 47.6 Å². The summed E-state index contributed by atoms with van der Waals surface area (Å²) < 4.78 is 1.83. The van der Waals surface area contributed by atoms with Gasteiger partial charge in [0.2, 0.25) is 11.1 Å². The Morgan fingerprint density at radius 1 is 1.25 bits per heavy atom. The van der Waals surface area contributed by atoms with E-state index in [9.17, 15) is 4.79 Å². The monoisotopic (exact) mass is 339 g/mol. The Hall–Kier alpha value is -2.41. The van der Waals surface area contributed by atoms with Crippen molar-refractivity contribution in [2.45, 2.75) is 36.2 Å². The molecule has 1 heterocycles. The van der Waals surface area contributed by atoms with Gasteiger partial charge >= 0.3 is 0 Å². The second kappa shape index (κ2) is 6.24. The van der Waals surface area contributed by atoms with E-state index >= 15 is 0 Å². The fourth-order valence-electron chi connectivity index (χ4n) is 2.59. The first-order valence-corrected chi connectivity index (χ1v) is 8.83. The van der Waals surface area contributed by atoms with E-state index < -0.39 is 0 Å². The lowest BCUT2D eigenvalue weighted by atomic mass is 10.1. The second-order valence-electron chi connectivity index (χ2n) is 5.91. The molecule has 0 spiro atoms. The van der Waals surface area contributed by atoms with Crippen LogP contribution in [-0.2, 0) is 4.79 Å². The van der Waals surface area contributed by atoms with Gasteiger partial charge in [-0.3, -0.25) is 4.79 Å². The van der Waals surface area contributed by atoms with E-state index in [1.54, 1.807) is 0 Å². The van der Waals surface area contributed by atoms with E-state index in [1.165, 1.54) is 11.8 Å². The van der Waals surface area contributed by atoms with E-state index in [0.717, 1.165) is 29.3 Å². The molecule has 1 atom stereocenters. The van der Waals surface area contributed by atoms with E-state index in [1.807, 2.05) is 54.1 Å². The summed E-state index contributed by atoms with van der Waals surface area (Å²) in [5.74, 6) is -0.0540. The number of carbonyl (C=O) groups is 1. The van der Waals surface area contributed by atoms with Gasteiger partial charge in [-0.2, -0.15) is 0 Å². The zero-order chi connectivity index (χ0) is 16.5. The van der Waals surface area contributed by atoms with E-state index in [-0.39, 0.29) is 11.2 Å². The third-order valence-electron chi connectivity index (χ3n) is 4.05. The molecule has 1 aliphatic carbocycles. The molecule has 1 aromatic heterocycles.